The lowest BCUT2D eigenvalue weighted by atomic mass is 10.1. The standard InChI is InChI=1S/C28H39NO4.C20H31NO3/c1-3-4-5-6-10-13-27(32-20-23-14-16-26(30-2)17-15-23)18-19-31-21-25-22-33-28(29-25)24-11-8-7-9-12-24;1-2-3-4-5-9-12-19(22)13-14-23-15-18-16-24-20(21-18)17-10-7-6-8-11-17/h7-9,11-12,14-17,25,27H,3-6,10,13,18-22H2,1-2H3;6-8,10-11,18-19,22H,2-5,9,12-16H2,1H3/t25?,27-;18?,19-/m11/s1. The first-order valence-electron chi connectivity index (χ1n) is 21.7. The van der Waals surface area contributed by atoms with Crippen molar-refractivity contribution in [3.05, 3.63) is 102 Å². The second kappa shape index (κ2) is 28.6. The maximum absolute atomic E-state index is 9.96. The molecular formula is C48H70N2O7. The number of rotatable bonds is 28. The molecule has 0 fully saturated rings. The molecule has 0 aromatic heterocycles. The second-order valence-electron chi connectivity index (χ2n) is 15.1. The summed E-state index contributed by atoms with van der Waals surface area (Å²) in [5.41, 5.74) is 3.20. The number of aliphatic imine (C=N–C) groups is 2. The van der Waals surface area contributed by atoms with Crippen LogP contribution < -0.4 is 4.74 Å². The molecule has 3 aromatic carbocycles. The van der Waals surface area contributed by atoms with Gasteiger partial charge in [0.25, 0.3) is 0 Å². The molecule has 5 rings (SSSR count). The van der Waals surface area contributed by atoms with Gasteiger partial charge < -0.3 is 33.5 Å². The van der Waals surface area contributed by atoms with Gasteiger partial charge in [0.2, 0.25) is 11.8 Å². The summed E-state index contributed by atoms with van der Waals surface area (Å²) in [5.74, 6) is 2.29. The number of aliphatic hydroxyl groups is 1. The smallest absolute Gasteiger partial charge is 0.216 e. The Morgan fingerprint density at radius 2 is 1.12 bits per heavy atom. The Balaban J connectivity index is 0.000000266. The summed E-state index contributed by atoms with van der Waals surface area (Å²) >= 11 is 0. The van der Waals surface area contributed by atoms with Gasteiger partial charge in [-0.3, -0.25) is 0 Å². The Morgan fingerprint density at radius 3 is 1.65 bits per heavy atom. The van der Waals surface area contributed by atoms with Gasteiger partial charge in [-0.25, -0.2) is 9.98 Å². The maximum atomic E-state index is 9.96. The summed E-state index contributed by atoms with van der Waals surface area (Å²) in [7, 11) is 1.69. The van der Waals surface area contributed by atoms with Crippen molar-refractivity contribution >= 4 is 11.8 Å². The molecule has 2 aliphatic rings. The molecule has 0 bridgehead atoms. The molecule has 0 saturated carbocycles. The average Bonchev–Trinajstić information content (AvgIpc) is 3.94. The molecule has 0 radical (unpaired) electrons. The van der Waals surface area contributed by atoms with Crippen LogP contribution >= 0.6 is 0 Å². The fraction of sp³-hybridized carbons (Fsp3) is 0.583. The van der Waals surface area contributed by atoms with Crippen molar-refractivity contribution in [2.45, 2.75) is 135 Å². The third kappa shape index (κ3) is 19.0. The van der Waals surface area contributed by atoms with Crippen LogP contribution in [0.2, 0.25) is 0 Å². The Morgan fingerprint density at radius 1 is 0.614 bits per heavy atom. The van der Waals surface area contributed by atoms with Crippen LogP contribution in [0.4, 0.5) is 0 Å². The molecule has 0 spiro atoms. The fourth-order valence-electron chi connectivity index (χ4n) is 6.70. The minimum absolute atomic E-state index is 0.0615. The number of methoxy groups -OCH3 is 1. The maximum Gasteiger partial charge on any atom is 0.216 e. The quantitative estimate of drug-likeness (QED) is 0.0732. The summed E-state index contributed by atoms with van der Waals surface area (Å²) in [4.78, 5) is 9.23. The molecule has 0 aliphatic carbocycles. The zero-order chi connectivity index (χ0) is 40.2. The van der Waals surface area contributed by atoms with E-state index in [4.69, 9.17) is 28.4 Å². The number of nitrogens with zero attached hydrogens (tertiary/aromatic N) is 2. The summed E-state index contributed by atoms with van der Waals surface area (Å²) in [6.45, 7) is 8.64. The second-order valence-corrected chi connectivity index (χ2v) is 15.1. The SMILES string of the molecule is CCCCCCC[C@@H](O)CCOCC1COC(c2ccccc2)=N1.CCCCCCC[C@H](CCOCC1COC(c2ccccc2)=N1)OCc1ccc(OC)cc1. The largest absolute Gasteiger partial charge is 0.497 e. The highest BCUT2D eigenvalue weighted by Crippen LogP contribution is 2.18. The van der Waals surface area contributed by atoms with Gasteiger partial charge in [0.1, 0.15) is 31.0 Å². The first-order valence-corrected chi connectivity index (χ1v) is 21.7. The molecule has 0 amide bonds. The normalized spacial score (nSPS) is 17.1. The van der Waals surface area contributed by atoms with E-state index >= 15 is 0 Å². The number of hydrogen-bond donors (Lipinski definition) is 1. The molecule has 0 saturated heterocycles. The molecule has 9 nitrogen and oxygen atoms in total. The summed E-state index contributed by atoms with van der Waals surface area (Å²) < 4.78 is 34.6. The molecular weight excluding hydrogens is 717 g/mol. The minimum Gasteiger partial charge on any atom is -0.497 e. The number of benzene rings is 3. The Labute approximate surface area is 343 Å². The van der Waals surface area contributed by atoms with Gasteiger partial charge in [-0.1, -0.05) is 127 Å². The highest BCUT2D eigenvalue weighted by atomic mass is 16.5. The van der Waals surface area contributed by atoms with Gasteiger partial charge in [0.15, 0.2) is 0 Å². The van der Waals surface area contributed by atoms with Crippen molar-refractivity contribution in [2.24, 2.45) is 9.98 Å². The zero-order valence-corrected chi connectivity index (χ0v) is 35.0. The number of unbranched alkanes of at least 4 members (excludes halogenated alkanes) is 8. The lowest BCUT2D eigenvalue weighted by Gasteiger charge is -2.19. The van der Waals surface area contributed by atoms with Crippen molar-refractivity contribution < 1.29 is 33.5 Å². The molecule has 1 N–H and O–H groups in total. The first kappa shape index (κ1) is 45.9. The summed E-state index contributed by atoms with van der Waals surface area (Å²) in [6, 6.07) is 28.2. The van der Waals surface area contributed by atoms with Gasteiger partial charge in [-0.2, -0.15) is 0 Å². The molecule has 2 aliphatic heterocycles. The van der Waals surface area contributed by atoms with Crippen LogP contribution in [0.3, 0.4) is 0 Å². The zero-order valence-electron chi connectivity index (χ0n) is 35.0. The van der Waals surface area contributed by atoms with Gasteiger partial charge in [0.05, 0.1) is 39.1 Å². The number of hydrogen-bond acceptors (Lipinski definition) is 9. The van der Waals surface area contributed by atoms with E-state index in [0.717, 1.165) is 48.5 Å². The molecule has 2 unspecified atom stereocenters. The molecule has 3 aromatic rings. The Bertz CT molecular complexity index is 1500. The summed E-state index contributed by atoms with van der Waals surface area (Å²) in [6.07, 6.45) is 16.1. The first-order chi connectivity index (χ1) is 28.1. The van der Waals surface area contributed by atoms with Gasteiger partial charge in [0, 0.05) is 24.3 Å². The Hall–Kier alpha value is -3.76. The lowest BCUT2D eigenvalue weighted by Crippen LogP contribution is -2.19. The third-order valence-corrected chi connectivity index (χ3v) is 10.2. The predicted octanol–water partition coefficient (Wildman–Crippen LogP) is 10.2. The van der Waals surface area contributed by atoms with E-state index < -0.39 is 0 Å². The van der Waals surface area contributed by atoms with Crippen molar-refractivity contribution in [1.29, 1.82) is 0 Å². The predicted molar refractivity (Wildman–Crippen MR) is 231 cm³/mol. The van der Waals surface area contributed by atoms with Crippen LogP contribution in [0, 0.1) is 0 Å². The molecule has 2 heterocycles. The molecule has 57 heavy (non-hydrogen) atoms. The van der Waals surface area contributed by atoms with Crippen LogP contribution in [-0.4, -0.2) is 87.9 Å². The summed E-state index contributed by atoms with van der Waals surface area (Å²) in [5, 5.41) is 9.96. The van der Waals surface area contributed by atoms with Crippen LogP contribution in [0.5, 0.6) is 5.75 Å². The van der Waals surface area contributed by atoms with E-state index in [1.807, 2.05) is 72.8 Å². The van der Waals surface area contributed by atoms with E-state index in [9.17, 15) is 5.11 Å². The van der Waals surface area contributed by atoms with E-state index in [1.54, 1.807) is 7.11 Å². The monoisotopic (exact) mass is 787 g/mol. The lowest BCUT2D eigenvalue weighted by molar-refractivity contribution is 0.00364. The van der Waals surface area contributed by atoms with Crippen molar-refractivity contribution in [3.8, 4) is 5.75 Å². The van der Waals surface area contributed by atoms with Crippen LogP contribution in [0.25, 0.3) is 0 Å². The molecule has 9 heteroatoms. The fourth-order valence-corrected chi connectivity index (χ4v) is 6.70. The third-order valence-electron chi connectivity index (χ3n) is 10.2. The number of ether oxygens (including phenoxy) is 6. The van der Waals surface area contributed by atoms with Crippen LogP contribution in [0.1, 0.15) is 120 Å². The highest BCUT2D eigenvalue weighted by Gasteiger charge is 2.21. The highest BCUT2D eigenvalue weighted by molar-refractivity contribution is 5.95. The van der Waals surface area contributed by atoms with Crippen LogP contribution in [0.15, 0.2) is 94.9 Å². The van der Waals surface area contributed by atoms with Gasteiger partial charge in [-0.15, -0.1) is 0 Å². The van der Waals surface area contributed by atoms with Crippen LogP contribution in [-0.2, 0) is 30.3 Å². The van der Waals surface area contributed by atoms with E-state index in [0.29, 0.717) is 58.6 Å². The van der Waals surface area contributed by atoms with Gasteiger partial charge in [-0.05, 0) is 67.6 Å². The topological polar surface area (TPSA) is 100 Å². The molecule has 314 valence electrons. The van der Waals surface area contributed by atoms with E-state index in [2.05, 4.69) is 36.0 Å². The minimum atomic E-state index is -0.241. The average molecular weight is 787 g/mol. The van der Waals surface area contributed by atoms with Crippen molar-refractivity contribution in [3.63, 3.8) is 0 Å². The van der Waals surface area contributed by atoms with Gasteiger partial charge >= 0.3 is 0 Å². The Kier molecular flexibility index (Phi) is 23.1. The number of aliphatic hydroxyl groups excluding tert-OH is 1. The van der Waals surface area contributed by atoms with E-state index in [-0.39, 0.29) is 24.3 Å². The molecule has 4 atom stereocenters. The van der Waals surface area contributed by atoms with Crippen molar-refractivity contribution in [1.82, 2.24) is 0 Å². The van der Waals surface area contributed by atoms with Crippen molar-refractivity contribution in [2.75, 3.05) is 46.8 Å². The van der Waals surface area contributed by atoms with E-state index in [1.165, 1.54) is 63.4 Å².